The fourth-order valence-electron chi connectivity index (χ4n) is 1.00. The molecule has 3 N–H and O–H groups in total. The van der Waals surface area contributed by atoms with Gasteiger partial charge in [-0.25, -0.2) is 0 Å². The maximum Gasteiger partial charge on any atom is 0.322 e. The lowest BCUT2D eigenvalue weighted by molar-refractivity contribution is -0.138. The molecule has 2 atom stereocenters. The van der Waals surface area contributed by atoms with Crippen molar-refractivity contribution in [1.29, 1.82) is 0 Å². The summed E-state index contributed by atoms with van der Waals surface area (Å²) in [6, 6.07) is 0.762. The first-order valence-electron chi connectivity index (χ1n) is 3.63. The third-order valence-corrected chi connectivity index (χ3v) is 2.43. The van der Waals surface area contributed by atoms with Gasteiger partial charge in [-0.1, -0.05) is 5.92 Å². The van der Waals surface area contributed by atoms with Gasteiger partial charge in [0, 0.05) is 0 Å². The molecule has 1 heterocycles. The van der Waals surface area contributed by atoms with Crippen molar-refractivity contribution in [3.63, 3.8) is 0 Å². The fourth-order valence-corrected chi connectivity index (χ4v) is 1.70. The molecule has 0 aromatic carbocycles. The van der Waals surface area contributed by atoms with Crippen LogP contribution in [0.5, 0.6) is 0 Å². The van der Waals surface area contributed by atoms with Crippen LogP contribution in [0.15, 0.2) is 16.8 Å². The van der Waals surface area contributed by atoms with Crippen molar-refractivity contribution in [2.45, 2.75) is 12.0 Å². The summed E-state index contributed by atoms with van der Waals surface area (Å²) in [6.07, 6.45) is 5.21. The second kappa shape index (κ2) is 4.08. The number of hydrogen-bond donors (Lipinski definition) is 2. The first-order valence-corrected chi connectivity index (χ1v) is 4.57. The number of nitrogens with two attached hydrogens (primary N) is 1. The van der Waals surface area contributed by atoms with E-state index in [1.807, 2.05) is 10.8 Å². The van der Waals surface area contributed by atoms with Gasteiger partial charge in [-0.2, -0.15) is 11.3 Å². The van der Waals surface area contributed by atoms with Crippen LogP contribution in [0.2, 0.25) is 0 Å². The van der Waals surface area contributed by atoms with Crippen molar-refractivity contribution < 1.29 is 9.90 Å². The Morgan fingerprint density at radius 1 is 1.77 bits per heavy atom. The van der Waals surface area contributed by atoms with Crippen LogP contribution >= 0.6 is 11.3 Å². The van der Waals surface area contributed by atoms with Crippen LogP contribution in [0.3, 0.4) is 0 Å². The predicted octanol–water partition coefficient (Wildman–Crippen LogP) is 0.877. The van der Waals surface area contributed by atoms with E-state index in [1.165, 1.54) is 11.3 Å². The number of terminal acetylenes is 1. The van der Waals surface area contributed by atoms with Gasteiger partial charge in [0.1, 0.15) is 6.04 Å². The summed E-state index contributed by atoms with van der Waals surface area (Å²) >= 11 is 1.47. The number of carboxylic acids is 1. The lowest BCUT2D eigenvalue weighted by Crippen LogP contribution is -2.35. The SMILES string of the molecule is C#C[C@@H](c1ccsc1)[C@H](N)C(=O)O. The molecule has 1 aromatic rings. The van der Waals surface area contributed by atoms with Gasteiger partial charge < -0.3 is 10.8 Å². The van der Waals surface area contributed by atoms with Crippen LogP contribution in [-0.4, -0.2) is 17.1 Å². The second-order valence-electron chi connectivity index (χ2n) is 2.57. The minimum absolute atomic E-state index is 0.538. The maximum absolute atomic E-state index is 10.6. The molecule has 3 nitrogen and oxygen atoms in total. The molecule has 0 fully saturated rings. The molecule has 4 heteroatoms. The largest absolute Gasteiger partial charge is 0.480 e. The Hall–Kier alpha value is -1.31. The Morgan fingerprint density at radius 2 is 2.46 bits per heavy atom. The normalized spacial score (nSPS) is 14.5. The van der Waals surface area contributed by atoms with Crippen molar-refractivity contribution >= 4 is 17.3 Å². The molecule has 0 radical (unpaired) electrons. The highest BCUT2D eigenvalue weighted by Gasteiger charge is 2.23. The number of carbonyl (C=O) groups is 1. The zero-order valence-corrected chi connectivity index (χ0v) is 7.62. The molecule has 1 aromatic heterocycles. The molecule has 0 bridgehead atoms. The summed E-state index contributed by atoms with van der Waals surface area (Å²) in [5, 5.41) is 12.3. The third-order valence-electron chi connectivity index (χ3n) is 1.73. The Kier molecular flexibility index (Phi) is 3.07. The number of rotatable bonds is 3. The molecule has 0 aliphatic rings. The molecular formula is C9H9NO2S. The van der Waals surface area contributed by atoms with Crippen LogP contribution in [0.4, 0.5) is 0 Å². The Bertz CT molecular complexity index is 326. The highest BCUT2D eigenvalue weighted by Crippen LogP contribution is 2.20. The van der Waals surface area contributed by atoms with Gasteiger partial charge in [-0.05, 0) is 22.4 Å². The van der Waals surface area contributed by atoms with Crippen molar-refractivity contribution in [3.05, 3.63) is 22.4 Å². The van der Waals surface area contributed by atoms with E-state index < -0.39 is 17.9 Å². The van der Waals surface area contributed by atoms with Crippen LogP contribution in [-0.2, 0) is 4.79 Å². The van der Waals surface area contributed by atoms with Crippen LogP contribution in [0, 0.1) is 12.3 Å². The molecule has 0 unspecified atom stereocenters. The van der Waals surface area contributed by atoms with Gasteiger partial charge in [-0.15, -0.1) is 6.42 Å². The summed E-state index contributed by atoms with van der Waals surface area (Å²) in [6.45, 7) is 0. The molecule has 1 rings (SSSR count). The van der Waals surface area contributed by atoms with E-state index in [-0.39, 0.29) is 0 Å². The highest BCUT2D eigenvalue weighted by atomic mass is 32.1. The first kappa shape index (κ1) is 9.78. The Morgan fingerprint density at radius 3 is 2.85 bits per heavy atom. The van der Waals surface area contributed by atoms with Gasteiger partial charge in [-0.3, -0.25) is 4.79 Å². The monoisotopic (exact) mass is 195 g/mol. The van der Waals surface area contributed by atoms with Gasteiger partial charge >= 0.3 is 5.97 Å². The molecule has 0 amide bonds. The zero-order valence-electron chi connectivity index (χ0n) is 6.81. The first-order chi connectivity index (χ1) is 6.16. The van der Waals surface area contributed by atoms with E-state index in [0.717, 1.165) is 5.56 Å². The van der Waals surface area contributed by atoms with E-state index >= 15 is 0 Å². The van der Waals surface area contributed by atoms with E-state index in [9.17, 15) is 4.79 Å². The number of hydrogen-bond acceptors (Lipinski definition) is 3. The summed E-state index contributed by atoms with van der Waals surface area (Å²) < 4.78 is 0. The summed E-state index contributed by atoms with van der Waals surface area (Å²) in [5.74, 6) is 0.773. The van der Waals surface area contributed by atoms with Gasteiger partial charge in [0.2, 0.25) is 0 Å². The molecule has 68 valence electrons. The number of carboxylic acid groups (broad SMARTS) is 1. The Labute approximate surface area is 80.2 Å². The van der Waals surface area contributed by atoms with Crippen molar-refractivity contribution in [2.75, 3.05) is 0 Å². The molecule has 0 saturated heterocycles. The maximum atomic E-state index is 10.6. The third kappa shape index (κ3) is 2.08. The van der Waals surface area contributed by atoms with Crippen LogP contribution in [0.1, 0.15) is 11.5 Å². The van der Waals surface area contributed by atoms with Crippen molar-refractivity contribution in [2.24, 2.45) is 5.73 Å². The van der Waals surface area contributed by atoms with E-state index in [2.05, 4.69) is 5.92 Å². The Balaban J connectivity index is 2.88. The summed E-state index contributed by atoms with van der Waals surface area (Å²) in [5.41, 5.74) is 6.22. The molecule has 13 heavy (non-hydrogen) atoms. The topological polar surface area (TPSA) is 63.3 Å². The van der Waals surface area contributed by atoms with Crippen molar-refractivity contribution in [1.82, 2.24) is 0 Å². The van der Waals surface area contributed by atoms with Crippen LogP contribution < -0.4 is 5.73 Å². The van der Waals surface area contributed by atoms with E-state index in [4.69, 9.17) is 17.3 Å². The lowest BCUT2D eigenvalue weighted by Gasteiger charge is -2.13. The summed E-state index contributed by atoms with van der Waals surface area (Å²) in [4.78, 5) is 10.6. The second-order valence-corrected chi connectivity index (χ2v) is 3.35. The quantitative estimate of drug-likeness (QED) is 0.704. The zero-order chi connectivity index (χ0) is 9.84. The van der Waals surface area contributed by atoms with E-state index in [0.29, 0.717) is 0 Å². The standard InChI is InChI=1S/C9H9NO2S/c1-2-7(8(10)9(11)12)6-3-4-13-5-6/h1,3-5,7-8H,10H2,(H,11,12)/t7-,8-/m0/s1. The predicted molar refractivity (Wildman–Crippen MR) is 51.5 cm³/mol. The fraction of sp³-hybridized carbons (Fsp3) is 0.222. The minimum atomic E-state index is -1.07. The lowest BCUT2D eigenvalue weighted by atomic mass is 9.95. The number of thiophene rings is 1. The van der Waals surface area contributed by atoms with E-state index in [1.54, 1.807) is 6.07 Å². The van der Waals surface area contributed by atoms with Crippen LogP contribution in [0.25, 0.3) is 0 Å². The number of aliphatic carboxylic acids is 1. The summed E-state index contributed by atoms with van der Waals surface area (Å²) in [7, 11) is 0. The smallest absolute Gasteiger partial charge is 0.322 e. The van der Waals surface area contributed by atoms with Gasteiger partial charge in [0.25, 0.3) is 0 Å². The molecule has 0 spiro atoms. The molecule has 0 aliphatic heterocycles. The van der Waals surface area contributed by atoms with Gasteiger partial charge in [0.15, 0.2) is 0 Å². The minimum Gasteiger partial charge on any atom is -0.480 e. The van der Waals surface area contributed by atoms with Crippen molar-refractivity contribution in [3.8, 4) is 12.3 Å². The average molecular weight is 195 g/mol. The highest BCUT2D eigenvalue weighted by molar-refractivity contribution is 7.08. The van der Waals surface area contributed by atoms with Gasteiger partial charge in [0.05, 0.1) is 5.92 Å². The average Bonchev–Trinajstić information content (AvgIpc) is 2.58. The molecule has 0 saturated carbocycles. The molecular weight excluding hydrogens is 186 g/mol. The molecule has 0 aliphatic carbocycles.